The molecule has 0 aliphatic heterocycles. The lowest BCUT2D eigenvalue weighted by molar-refractivity contribution is -0.187. The smallest absolute Gasteiger partial charge is 0.311 e. The SMILES string of the molecule is CCCC1(C(=O)O)C(C)C=C(C)C(C)C1(CC)C(=O)O. The third-order valence-corrected chi connectivity index (χ3v) is 5.47. The molecule has 4 heteroatoms. The van der Waals surface area contributed by atoms with Crippen molar-refractivity contribution in [2.24, 2.45) is 22.7 Å². The fourth-order valence-corrected chi connectivity index (χ4v) is 4.35. The van der Waals surface area contributed by atoms with Gasteiger partial charge in [-0.25, -0.2) is 0 Å². The molecule has 0 radical (unpaired) electrons. The zero-order chi connectivity index (χ0) is 15.7. The van der Waals surface area contributed by atoms with E-state index in [2.05, 4.69) is 0 Å². The van der Waals surface area contributed by atoms with Crippen LogP contribution in [0.3, 0.4) is 0 Å². The van der Waals surface area contributed by atoms with Crippen molar-refractivity contribution in [1.82, 2.24) is 0 Å². The summed E-state index contributed by atoms with van der Waals surface area (Å²) < 4.78 is 0. The highest BCUT2D eigenvalue weighted by molar-refractivity contribution is 5.88. The maximum atomic E-state index is 12.1. The molecule has 114 valence electrons. The Morgan fingerprint density at radius 3 is 2.00 bits per heavy atom. The predicted molar refractivity (Wildman–Crippen MR) is 77.4 cm³/mol. The molecule has 0 spiro atoms. The Labute approximate surface area is 120 Å². The molecule has 1 aliphatic carbocycles. The minimum absolute atomic E-state index is 0.274. The van der Waals surface area contributed by atoms with Crippen molar-refractivity contribution in [2.45, 2.75) is 53.9 Å². The van der Waals surface area contributed by atoms with E-state index in [-0.39, 0.29) is 11.8 Å². The number of carboxylic acids is 2. The van der Waals surface area contributed by atoms with Gasteiger partial charge in [0, 0.05) is 0 Å². The van der Waals surface area contributed by atoms with Crippen molar-refractivity contribution >= 4 is 11.9 Å². The van der Waals surface area contributed by atoms with E-state index in [0.717, 1.165) is 5.57 Å². The molecule has 4 unspecified atom stereocenters. The summed E-state index contributed by atoms with van der Waals surface area (Å²) in [6.07, 6.45) is 3.32. The zero-order valence-electron chi connectivity index (χ0n) is 13.1. The van der Waals surface area contributed by atoms with Crippen molar-refractivity contribution in [3.8, 4) is 0 Å². The first-order valence-corrected chi connectivity index (χ1v) is 7.37. The topological polar surface area (TPSA) is 74.6 Å². The van der Waals surface area contributed by atoms with Crippen LogP contribution in [-0.4, -0.2) is 22.2 Å². The summed E-state index contributed by atoms with van der Waals surface area (Å²) in [5.41, 5.74) is -1.50. The van der Waals surface area contributed by atoms with Gasteiger partial charge in [0.2, 0.25) is 0 Å². The number of carboxylic acid groups (broad SMARTS) is 2. The van der Waals surface area contributed by atoms with Crippen molar-refractivity contribution in [3.63, 3.8) is 0 Å². The van der Waals surface area contributed by atoms with E-state index in [0.29, 0.717) is 19.3 Å². The highest BCUT2D eigenvalue weighted by atomic mass is 16.4. The summed E-state index contributed by atoms with van der Waals surface area (Å²) in [6, 6.07) is 0. The van der Waals surface area contributed by atoms with E-state index in [4.69, 9.17) is 0 Å². The molecular weight excluding hydrogens is 256 g/mol. The Hall–Kier alpha value is -1.32. The second kappa shape index (κ2) is 5.58. The van der Waals surface area contributed by atoms with Gasteiger partial charge in [0.1, 0.15) is 0 Å². The molecule has 1 aliphatic rings. The van der Waals surface area contributed by atoms with Crippen LogP contribution >= 0.6 is 0 Å². The van der Waals surface area contributed by atoms with Gasteiger partial charge in [-0.1, -0.05) is 45.8 Å². The van der Waals surface area contributed by atoms with Gasteiger partial charge in [-0.2, -0.15) is 0 Å². The molecule has 1 rings (SSSR count). The quantitative estimate of drug-likeness (QED) is 0.756. The van der Waals surface area contributed by atoms with Crippen LogP contribution in [0.1, 0.15) is 53.9 Å². The molecule has 0 aromatic rings. The van der Waals surface area contributed by atoms with Gasteiger partial charge in [-0.15, -0.1) is 0 Å². The number of allylic oxidation sites excluding steroid dienone is 2. The Bertz CT molecular complexity index is 440. The molecule has 0 heterocycles. The van der Waals surface area contributed by atoms with Crippen LogP contribution in [0.25, 0.3) is 0 Å². The number of carbonyl (C=O) groups is 2. The van der Waals surface area contributed by atoms with Crippen LogP contribution in [0.5, 0.6) is 0 Å². The van der Waals surface area contributed by atoms with Gasteiger partial charge in [0.05, 0.1) is 10.8 Å². The summed E-state index contributed by atoms with van der Waals surface area (Å²) in [7, 11) is 0. The lowest BCUT2D eigenvalue weighted by Crippen LogP contribution is -2.60. The van der Waals surface area contributed by atoms with E-state index >= 15 is 0 Å². The molecule has 0 amide bonds. The van der Waals surface area contributed by atoms with Crippen LogP contribution in [0, 0.1) is 22.7 Å². The molecular formula is C16H26O4. The molecule has 0 bridgehead atoms. The van der Waals surface area contributed by atoms with E-state index in [1.165, 1.54) is 0 Å². The highest BCUT2D eigenvalue weighted by Crippen LogP contribution is 2.60. The molecule has 20 heavy (non-hydrogen) atoms. The van der Waals surface area contributed by atoms with Crippen molar-refractivity contribution in [3.05, 3.63) is 11.6 Å². The summed E-state index contributed by atoms with van der Waals surface area (Å²) >= 11 is 0. The maximum absolute atomic E-state index is 12.1. The summed E-state index contributed by atoms with van der Waals surface area (Å²) in [5, 5.41) is 19.8. The zero-order valence-corrected chi connectivity index (χ0v) is 13.1. The second-order valence-corrected chi connectivity index (χ2v) is 6.08. The Balaban J connectivity index is 3.72. The van der Waals surface area contributed by atoms with E-state index in [1.807, 2.05) is 33.8 Å². The summed E-state index contributed by atoms with van der Waals surface area (Å²) in [5.74, 6) is -2.52. The summed E-state index contributed by atoms with van der Waals surface area (Å²) in [4.78, 5) is 24.2. The van der Waals surface area contributed by atoms with Crippen LogP contribution in [0.4, 0.5) is 0 Å². The molecule has 0 aromatic carbocycles. The minimum Gasteiger partial charge on any atom is -0.481 e. The minimum atomic E-state index is -1.24. The van der Waals surface area contributed by atoms with E-state index in [9.17, 15) is 19.8 Å². The molecule has 0 saturated carbocycles. The first-order valence-electron chi connectivity index (χ1n) is 7.37. The Morgan fingerprint density at radius 1 is 1.15 bits per heavy atom. The van der Waals surface area contributed by atoms with E-state index in [1.54, 1.807) is 6.92 Å². The average molecular weight is 282 g/mol. The second-order valence-electron chi connectivity index (χ2n) is 6.08. The van der Waals surface area contributed by atoms with Gasteiger partial charge in [0.25, 0.3) is 0 Å². The largest absolute Gasteiger partial charge is 0.481 e. The first-order chi connectivity index (χ1) is 9.22. The van der Waals surface area contributed by atoms with Gasteiger partial charge in [0.15, 0.2) is 0 Å². The van der Waals surface area contributed by atoms with Gasteiger partial charge in [-0.05, 0) is 31.6 Å². The fourth-order valence-electron chi connectivity index (χ4n) is 4.35. The van der Waals surface area contributed by atoms with E-state index < -0.39 is 22.8 Å². The molecule has 2 N–H and O–H groups in total. The monoisotopic (exact) mass is 282 g/mol. The van der Waals surface area contributed by atoms with Gasteiger partial charge in [-0.3, -0.25) is 9.59 Å². The number of hydrogen-bond donors (Lipinski definition) is 2. The van der Waals surface area contributed by atoms with Crippen LogP contribution in [0.15, 0.2) is 11.6 Å². The number of hydrogen-bond acceptors (Lipinski definition) is 2. The number of rotatable bonds is 5. The van der Waals surface area contributed by atoms with Crippen LogP contribution in [-0.2, 0) is 9.59 Å². The lowest BCUT2D eigenvalue weighted by atomic mass is 9.46. The average Bonchev–Trinajstić information content (AvgIpc) is 2.36. The summed E-state index contributed by atoms with van der Waals surface area (Å²) in [6.45, 7) is 9.31. The van der Waals surface area contributed by atoms with Crippen molar-refractivity contribution < 1.29 is 19.8 Å². The van der Waals surface area contributed by atoms with Gasteiger partial charge < -0.3 is 10.2 Å². The standard InChI is InChI=1S/C16H26O4/c1-6-8-16(14(19)20)11(4)9-10(3)12(5)15(16,7-2)13(17)18/h9,11-12H,6-8H2,1-5H3,(H,17,18)(H,19,20). The predicted octanol–water partition coefficient (Wildman–Crippen LogP) is 3.57. The molecule has 0 aromatic heterocycles. The Morgan fingerprint density at radius 2 is 1.65 bits per heavy atom. The lowest BCUT2D eigenvalue weighted by Gasteiger charge is -2.54. The molecule has 4 nitrogen and oxygen atoms in total. The first kappa shape index (κ1) is 16.7. The van der Waals surface area contributed by atoms with Crippen LogP contribution < -0.4 is 0 Å². The Kier molecular flexibility index (Phi) is 4.67. The molecule has 0 saturated heterocycles. The van der Waals surface area contributed by atoms with Crippen LogP contribution in [0.2, 0.25) is 0 Å². The molecule has 0 fully saturated rings. The fraction of sp³-hybridized carbons (Fsp3) is 0.750. The molecule has 4 atom stereocenters. The highest BCUT2D eigenvalue weighted by Gasteiger charge is 2.66. The van der Waals surface area contributed by atoms with Crippen molar-refractivity contribution in [1.29, 1.82) is 0 Å². The van der Waals surface area contributed by atoms with Crippen molar-refractivity contribution in [2.75, 3.05) is 0 Å². The third kappa shape index (κ3) is 1.88. The normalized spacial score (nSPS) is 37.4. The number of aliphatic carboxylic acids is 2. The van der Waals surface area contributed by atoms with Gasteiger partial charge >= 0.3 is 11.9 Å². The maximum Gasteiger partial charge on any atom is 0.311 e. The third-order valence-electron chi connectivity index (χ3n) is 5.47.